The third-order valence-corrected chi connectivity index (χ3v) is 5.56. The van der Waals surface area contributed by atoms with Crippen LogP contribution in [0.1, 0.15) is 10.4 Å². The van der Waals surface area contributed by atoms with Crippen LogP contribution in [-0.2, 0) is 4.43 Å². The highest BCUT2D eigenvalue weighted by atomic mass is 28.4. The molecule has 1 aliphatic heterocycles. The first kappa shape index (κ1) is 11.0. The molecular formula is C14H12O3Si. The first-order valence-electron chi connectivity index (χ1n) is 5.76. The van der Waals surface area contributed by atoms with Crippen LogP contribution in [0.5, 0.6) is 5.75 Å². The molecule has 0 bridgehead atoms. The van der Waals surface area contributed by atoms with Gasteiger partial charge in [-0.3, -0.25) is 0 Å². The topological polar surface area (TPSA) is 35.5 Å². The highest BCUT2D eigenvalue weighted by Crippen LogP contribution is 2.28. The van der Waals surface area contributed by atoms with Crippen LogP contribution >= 0.6 is 0 Å². The Morgan fingerprint density at radius 1 is 0.889 bits per heavy atom. The average molecular weight is 256 g/mol. The number of benzene rings is 2. The second kappa shape index (κ2) is 3.99. The minimum atomic E-state index is -2.68. The fourth-order valence-electron chi connectivity index (χ4n) is 2.05. The van der Waals surface area contributed by atoms with E-state index >= 15 is 0 Å². The van der Waals surface area contributed by atoms with Crippen molar-refractivity contribution in [1.29, 1.82) is 0 Å². The van der Waals surface area contributed by atoms with E-state index in [1.54, 1.807) is 12.1 Å². The number of carbonyl (C=O) groups is 1. The van der Waals surface area contributed by atoms with Crippen LogP contribution in [0.15, 0.2) is 54.6 Å². The molecule has 1 heterocycles. The van der Waals surface area contributed by atoms with Crippen LogP contribution < -0.4 is 9.61 Å². The molecule has 0 saturated heterocycles. The van der Waals surface area contributed by atoms with Crippen LogP contribution in [0.2, 0.25) is 6.55 Å². The maximum absolute atomic E-state index is 12.0. The molecule has 0 saturated carbocycles. The number of rotatable bonds is 1. The Hall–Kier alpha value is -2.07. The second-order valence-corrected chi connectivity index (χ2v) is 7.18. The average Bonchev–Trinajstić information content (AvgIpc) is 2.40. The van der Waals surface area contributed by atoms with Crippen LogP contribution in [-0.4, -0.2) is 14.5 Å². The largest absolute Gasteiger partial charge is 0.508 e. The predicted molar refractivity (Wildman–Crippen MR) is 70.2 cm³/mol. The summed E-state index contributed by atoms with van der Waals surface area (Å²) in [6.45, 7) is 1.89. The van der Waals surface area contributed by atoms with Crippen LogP contribution in [0.4, 0.5) is 0 Å². The fourth-order valence-corrected chi connectivity index (χ4v) is 4.18. The quantitative estimate of drug-likeness (QED) is 0.734. The van der Waals surface area contributed by atoms with Gasteiger partial charge >= 0.3 is 14.5 Å². The molecule has 1 aliphatic rings. The van der Waals surface area contributed by atoms with Crippen molar-refractivity contribution in [3.05, 3.63) is 60.2 Å². The van der Waals surface area contributed by atoms with Crippen LogP contribution in [0, 0.1) is 0 Å². The molecule has 0 amide bonds. The second-order valence-electron chi connectivity index (χ2n) is 4.30. The Kier molecular flexibility index (Phi) is 2.45. The van der Waals surface area contributed by atoms with E-state index in [-0.39, 0.29) is 5.97 Å². The highest BCUT2D eigenvalue weighted by molar-refractivity contribution is 6.82. The first-order chi connectivity index (χ1) is 8.69. The number of fused-ring (bicyclic) bond motifs is 1. The lowest BCUT2D eigenvalue weighted by molar-refractivity contribution is 0.0668. The van der Waals surface area contributed by atoms with Gasteiger partial charge in [0.2, 0.25) is 0 Å². The molecule has 1 unspecified atom stereocenters. The number of para-hydroxylation sites is 1. The SMILES string of the molecule is C[Si]1(c2ccccc2)OC(=O)c2ccccc2O1. The molecule has 0 N–H and O–H groups in total. The van der Waals surface area contributed by atoms with Crippen molar-refractivity contribution in [2.75, 3.05) is 0 Å². The van der Waals surface area contributed by atoms with Gasteiger partial charge in [0.25, 0.3) is 0 Å². The number of hydrogen-bond acceptors (Lipinski definition) is 3. The molecule has 0 aromatic heterocycles. The summed E-state index contributed by atoms with van der Waals surface area (Å²) < 4.78 is 11.5. The Labute approximate surface area is 106 Å². The summed E-state index contributed by atoms with van der Waals surface area (Å²) in [5.74, 6) is 0.321. The van der Waals surface area contributed by atoms with Gasteiger partial charge in [0.05, 0.1) is 5.56 Å². The van der Waals surface area contributed by atoms with E-state index in [0.717, 1.165) is 5.19 Å². The lowest BCUT2D eigenvalue weighted by atomic mass is 10.2. The van der Waals surface area contributed by atoms with Gasteiger partial charge in [-0.2, -0.15) is 0 Å². The maximum Gasteiger partial charge on any atom is 0.494 e. The molecule has 2 aromatic rings. The van der Waals surface area contributed by atoms with Crippen molar-refractivity contribution in [2.24, 2.45) is 0 Å². The molecule has 4 heteroatoms. The zero-order valence-electron chi connectivity index (χ0n) is 9.92. The minimum absolute atomic E-state index is 0.296. The van der Waals surface area contributed by atoms with Gasteiger partial charge in [0.15, 0.2) is 0 Å². The third kappa shape index (κ3) is 1.71. The Bertz CT molecular complexity index is 597. The van der Waals surface area contributed by atoms with E-state index in [4.69, 9.17) is 8.85 Å². The summed E-state index contributed by atoms with van der Waals surface area (Å²) in [6.07, 6.45) is 0. The lowest BCUT2D eigenvalue weighted by Gasteiger charge is -2.32. The zero-order valence-corrected chi connectivity index (χ0v) is 10.9. The third-order valence-electron chi connectivity index (χ3n) is 3.00. The summed E-state index contributed by atoms with van der Waals surface area (Å²) in [6, 6.07) is 16.8. The smallest absolute Gasteiger partial charge is 0.494 e. The Balaban J connectivity index is 2.06. The fraction of sp³-hybridized carbons (Fsp3) is 0.0714. The number of hydrogen-bond donors (Lipinski definition) is 0. The lowest BCUT2D eigenvalue weighted by Crippen LogP contribution is -2.57. The van der Waals surface area contributed by atoms with Crippen LogP contribution in [0.3, 0.4) is 0 Å². The summed E-state index contributed by atoms with van der Waals surface area (Å²) in [5, 5.41) is 0.952. The van der Waals surface area contributed by atoms with E-state index in [0.29, 0.717) is 11.3 Å². The first-order valence-corrected chi connectivity index (χ1v) is 8.08. The van der Waals surface area contributed by atoms with E-state index < -0.39 is 8.56 Å². The summed E-state index contributed by atoms with van der Waals surface area (Å²) in [4.78, 5) is 12.0. The molecule has 18 heavy (non-hydrogen) atoms. The monoisotopic (exact) mass is 256 g/mol. The highest BCUT2D eigenvalue weighted by Gasteiger charge is 2.45. The van der Waals surface area contributed by atoms with Crippen LogP contribution in [0.25, 0.3) is 0 Å². The van der Waals surface area contributed by atoms with Gasteiger partial charge in [0.1, 0.15) is 5.75 Å². The Morgan fingerprint density at radius 2 is 1.56 bits per heavy atom. The molecule has 90 valence electrons. The summed E-state index contributed by atoms with van der Waals surface area (Å²) in [5.41, 5.74) is 0.499. The van der Waals surface area contributed by atoms with Gasteiger partial charge in [-0.05, 0) is 12.1 Å². The molecule has 2 aromatic carbocycles. The van der Waals surface area contributed by atoms with Gasteiger partial charge < -0.3 is 8.85 Å². The molecule has 3 nitrogen and oxygen atoms in total. The molecular weight excluding hydrogens is 244 g/mol. The van der Waals surface area contributed by atoms with Crippen molar-refractivity contribution < 1.29 is 13.6 Å². The normalized spacial score (nSPS) is 21.7. The molecule has 1 atom stereocenters. The summed E-state index contributed by atoms with van der Waals surface area (Å²) in [7, 11) is -2.68. The summed E-state index contributed by atoms with van der Waals surface area (Å²) >= 11 is 0. The van der Waals surface area contributed by atoms with Crippen molar-refractivity contribution in [3.63, 3.8) is 0 Å². The van der Waals surface area contributed by atoms with E-state index in [1.807, 2.05) is 49.0 Å². The van der Waals surface area contributed by atoms with E-state index in [2.05, 4.69) is 0 Å². The molecule has 3 rings (SSSR count). The van der Waals surface area contributed by atoms with Gasteiger partial charge in [-0.1, -0.05) is 42.5 Å². The number of carbonyl (C=O) groups excluding carboxylic acids is 1. The minimum Gasteiger partial charge on any atom is -0.508 e. The van der Waals surface area contributed by atoms with Crippen molar-refractivity contribution >= 4 is 19.7 Å². The zero-order chi connectivity index (χ0) is 12.6. The van der Waals surface area contributed by atoms with Gasteiger partial charge in [0, 0.05) is 11.7 Å². The van der Waals surface area contributed by atoms with Crippen molar-refractivity contribution in [3.8, 4) is 5.75 Å². The maximum atomic E-state index is 12.0. The Morgan fingerprint density at radius 3 is 2.33 bits per heavy atom. The molecule has 0 fully saturated rings. The van der Waals surface area contributed by atoms with E-state index in [9.17, 15) is 4.79 Å². The predicted octanol–water partition coefficient (Wildman–Crippen LogP) is 2.21. The molecule has 0 aliphatic carbocycles. The standard InChI is InChI=1S/C14H12O3Si/c1-18(11-7-3-2-4-8-11)16-13-10-6-5-9-12(13)14(15)17-18/h2-10H,1H3. The van der Waals surface area contributed by atoms with Gasteiger partial charge in [-0.15, -0.1) is 0 Å². The van der Waals surface area contributed by atoms with Crippen molar-refractivity contribution in [1.82, 2.24) is 0 Å². The van der Waals surface area contributed by atoms with E-state index in [1.165, 1.54) is 0 Å². The molecule has 0 radical (unpaired) electrons. The molecule has 0 spiro atoms. The van der Waals surface area contributed by atoms with Gasteiger partial charge in [-0.25, -0.2) is 4.79 Å². The van der Waals surface area contributed by atoms with Crippen molar-refractivity contribution in [2.45, 2.75) is 6.55 Å².